The lowest BCUT2D eigenvalue weighted by molar-refractivity contribution is 0.327. The molecule has 1 atom stereocenters. The molecule has 0 bridgehead atoms. The van der Waals surface area contributed by atoms with Crippen LogP contribution >= 0.6 is 0 Å². The summed E-state index contributed by atoms with van der Waals surface area (Å²) in [5, 5.41) is 6.82. The minimum absolute atomic E-state index is 0.332. The van der Waals surface area contributed by atoms with Gasteiger partial charge in [0.05, 0.1) is 0 Å². The average Bonchev–Trinajstić information content (AvgIpc) is 2.91. The number of hydrogen-bond donors (Lipinski definition) is 2. The SMILES string of the molecule is CCNc1cc(NC(C)CN2CCCC2)nc(C(C)C)n1. The van der Waals surface area contributed by atoms with E-state index in [2.05, 4.69) is 53.2 Å². The van der Waals surface area contributed by atoms with Crippen molar-refractivity contribution in [3.05, 3.63) is 11.9 Å². The molecule has 5 heteroatoms. The van der Waals surface area contributed by atoms with Gasteiger partial charge in [0.2, 0.25) is 0 Å². The highest BCUT2D eigenvalue weighted by molar-refractivity contribution is 5.48. The Hall–Kier alpha value is -1.36. The average molecular weight is 291 g/mol. The van der Waals surface area contributed by atoms with Crippen molar-refractivity contribution in [2.45, 2.75) is 52.5 Å². The summed E-state index contributed by atoms with van der Waals surface area (Å²) in [6.45, 7) is 13.0. The third-order valence-electron chi connectivity index (χ3n) is 3.74. The molecule has 1 unspecified atom stereocenters. The van der Waals surface area contributed by atoms with Crippen molar-refractivity contribution >= 4 is 11.6 Å². The van der Waals surface area contributed by atoms with Crippen LogP contribution in [0.5, 0.6) is 0 Å². The van der Waals surface area contributed by atoms with Crippen molar-refractivity contribution in [2.24, 2.45) is 0 Å². The number of anilines is 2. The third kappa shape index (κ3) is 4.84. The van der Waals surface area contributed by atoms with Crippen LogP contribution < -0.4 is 10.6 Å². The maximum absolute atomic E-state index is 4.65. The van der Waals surface area contributed by atoms with Gasteiger partial charge >= 0.3 is 0 Å². The van der Waals surface area contributed by atoms with Crippen LogP contribution in [0, 0.1) is 0 Å². The lowest BCUT2D eigenvalue weighted by Crippen LogP contribution is -2.33. The Morgan fingerprint density at radius 1 is 1.14 bits per heavy atom. The smallest absolute Gasteiger partial charge is 0.135 e. The number of nitrogens with one attached hydrogen (secondary N) is 2. The van der Waals surface area contributed by atoms with E-state index in [0.717, 1.165) is 30.5 Å². The van der Waals surface area contributed by atoms with Gasteiger partial charge in [0.15, 0.2) is 0 Å². The predicted octanol–water partition coefficient (Wildman–Crippen LogP) is 2.93. The Morgan fingerprint density at radius 3 is 2.43 bits per heavy atom. The second kappa shape index (κ2) is 7.59. The van der Waals surface area contributed by atoms with Gasteiger partial charge < -0.3 is 15.5 Å². The van der Waals surface area contributed by atoms with Crippen molar-refractivity contribution in [3.8, 4) is 0 Å². The van der Waals surface area contributed by atoms with Crippen molar-refractivity contribution in [1.82, 2.24) is 14.9 Å². The molecule has 1 saturated heterocycles. The van der Waals surface area contributed by atoms with Crippen LogP contribution in [0.15, 0.2) is 6.07 Å². The summed E-state index contributed by atoms with van der Waals surface area (Å²) in [7, 11) is 0. The Kier molecular flexibility index (Phi) is 5.79. The second-order valence-electron chi connectivity index (χ2n) is 6.23. The van der Waals surface area contributed by atoms with E-state index >= 15 is 0 Å². The van der Waals surface area contributed by atoms with E-state index < -0.39 is 0 Å². The van der Waals surface area contributed by atoms with Gasteiger partial charge in [-0.05, 0) is 39.8 Å². The summed E-state index contributed by atoms with van der Waals surface area (Å²) >= 11 is 0. The summed E-state index contributed by atoms with van der Waals surface area (Å²) in [5.74, 6) is 3.06. The molecule has 0 aliphatic carbocycles. The molecule has 0 saturated carbocycles. The van der Waals surface area contributed by atoms with Gasteiger partial charge in [0, 0.05) is 31.1 Å². The first-order valence-corrected chi connectivity index (χ1v) is 8.20. The van der Waals surface area contributed by atoms with Crippen LogP contribution in [0.3, 0.4) is 0 Å². The fourth-order valence-corrected chi connectivity index (χ4v) is 2.72. The van der Waals surface area contributed by atoms with E-state index in [1.54, 1.807) is 0 Å². The summed E-state index contributed by atoms with van der Waals surface area (Å²) in [6.07, 6.45) is 2.67. The van der Waals surface area contributed by atoms with Gasteiger partial charge in [0.25, 0.3) is 0 Å². The molecule has 1 aromatic heterocycles. The molecule has 1 aliphatic rings. The molecule has 0 amide bonds. The highest BCUT2D eigenvalue weighted by Crippen LogP contribution is 2.18. The first kappa shape index (κ1) is 16.0. The number of aromatic nitrogens is 2. The highest BCUT2D eigenvalue weighted by atomic mass is 15.2. The van der Waals surface area contributed by atoms with E-state index in [9.17, 15) is 0 Å². The minimum Gasteiger partial charge on any atom is -0.370 e. The number of likely N-dealkylation sites (tertiary alicyclic amines) is 1. The van der Waals surface area contributed by atoms with E-state index in [0.29, 0.717) is 12.0 Å². The number of nitrogens with zero attached hydrogens (tertiary/aromatic N) is 3. The molecule has 118 valence electrons. The van der Waals surface area contributed by atoms with Crippen LogP contribution in [-0.4, -0.2) is 47.1 Å². The first-order valence-electron chi connectivity index (χ1n) is 8.20. The predicted molar refractivity (Wildman–Crippen MR) is 89.0 cm³/mol. The van der Waals surface area contributed by atoms with Gasteiger partial charge in [-0.15, -0.1) is 0 Å². The van der Waals surface area contributed by atoms with Crippen LogP contribution in [-0.2, 0) is 0 Å². The monoisotopic (exact) mass is 291 g/mol. The van der Waals surface area contributed by atoms with Crippen LogP contribution in [0.1, 0.15) is 52.3 Å². The molecule has 0 aromatic carbocycles. The topological polar surface area (TPSA) is 53.1 Å². The van der Waals surface area contributed by atoms with E-state index in [4.69, 9.17) is 0 Å². The summed E-state index contributed by atoms with van der Waals surface area (Å²) in [6, 6.07) is 2.41. The van der Waals surface area contributed by atoms with Crippen molar-refractivity contribution in [1.29, 1.82) is 0 Å². The fraction of sp³-hybridized carbons (Fsp3) is 0.750. The number of rotatable bonds is 7. The Bertz CT molecular complexity index is 440. The first-order chi connectivity index (χ1) is 10.1. The maximum Gasteiger partial charge on any atom is 0.135 e. The molecule has 0 radical (unpaired) electrons. The standard InChI is InChI=1S/C16H29N5/c1-5-17-14-10-15(20-16(19-14)12(2)3)18-13(4)11-21-8-6-7-9-21/h10,12-13H,5-9,11H2,1-4H3,(H2,17,18,19,20). The van der Waals surface area contributed by atoms with E-state index in [-0.39, 0.29) is 0 Å². The van der Waals surface area contributed by atoms with E-state index in [1.165, 1.54) is 25.9 Å². The summed E-state index contributed by atoms with van der Waals surface area (Å²) in [5.41, 5.74) is 0. The van der Waals surface area contributed by atoms with Gasteiger partial charge in [-0.1, -0.05) is 13.8 Å². The molecule has 1 aromatic rings. The molecule has 21 heavy (non-hydrogen) atoms. The zero-order valence-corrected chi connectivity index (χ0v) is 13.8. The maximum atomic E-state index is 4.65. The van der Waals surface area contributed by atoms with Crippen molar-refractivity contribution < 1.29 is 0 Å². The highest BCUT2D eigenvalue weighted by Gasteiger charge is 2.15. The zero-order valence-electron chi connectivity index (χ0n) is 13.8. The van der Waals surface area contributed by atoms with Crippen LogP contribution in [0.4, 0.5) is 11.6 Å². The lowest BCUT2D eigenvalue weighted by Gasteiger charge is -2.22. The van der Waals surface area contributed by atoms with Gasteiger partial charge in [-0.2, -0.15) is 0 Å². The molecule has 1 fully saturated rings. The lowest BCUT2D eigenvalue weighted by atomic mass is 10.2. The normalized spacial score (nSPS) is 17.2. The van der Waals surface area contributed by atoms with Gasteiger partial charge in [0.1, 0.15) is 17.5 Å². The molecule has 2 rings (SSSR count). The van der Waals surface area contributed by atoms with Gasteiger partial charge in [-0.3, -0.25) is 0 Å². The molecule has 0 spiro atoms. The molecule has 1 aliphatic heterocycles. The summed E-state index contributed by atoms with van der Waals surface area (Å²) < 4.78 is 0. The summed E-state index contributed by atoms with van der Waals surface area (Å²) in [4.78, 5) is 11.7. The minimum atomic E-state index is 0.332. The Labute approximate surface area is 128 Å². The largest absolute Gasteiger partial charge is 0.370 e. The van der Waals surface area contributed by atoms with Crippen LogP contribution in [0.25, 0.3) is 0 Å². The molecular weight excluding hydrogens is 262 g/mol. The number of hydrogen-bond acceptors (Lipinski definition) is 5. The fourth-order valence-electron chi connectivity index (χ4n) is 2.72. The quantitative estimate of drug-likeness (QED) is 0.809. The van der Waals surface area contributed by atoms with Crippen molar-refractivity contribution in [3.63, 3.8) is 0 Å². The molecular formula is C16H29N5. The second-order valence-corrected chi connectivity index (χ2v) is 6.23. The Balaban J connectivity index is 2.02. The molecule has 2 heterocycles. The van der Waals surface area contributed by atoms with E-state index in [1.807, 2.05) is 6.07 Å². The van der Waals surface area contributed by atoms with Gasteiger partial charge in [-0.25, -0.2) is 9.97 Å². The third-order valence-corrected chi connectivity index (χ3v) is 3.74. The Morgan fingerprint density at radius 2 is 1.81 bits per heavy atom. The van der Waals surface area contributed by atoms with Crippen LogP contribution in [0.2, 0.25) is 0 Å². The molecule has 2 N–H and O–H groups in total. The zero-order chi connectivity index (χ0) is 15.2. The molecule has 5 nitrogen and oxygen atoms in total. The van der Waals surface area contributed by atoms with Crippen molar-refractivity contribution in [2.75, 3.05) is 36.8 Å².